The van der Waals surface area contributed by atoms with Crippen LogP contribution in [0.15, 0.2) is 4.52 Å². The zero-order valence-corrected chi connectivity index (χ0v) is 7.61. The van der Waals surface area contributed by atoms with Gasteiger partial charge in [0.2, 0.25) is 5.89 Å². The maximum absolute atomic E-state index is 5.55. The molecule has 0 bridgehead atoms. The van der Waals surface area contributed by atoms with Crippen LogP contribution in [0.4, 0.5) is 0 Å². The van der Waals surface area contributed by atoms with Crippen molar-refractivity contribution in [3.8, 4) is 0 Å². The third kappa shape index (κ3) is 2.28. The molecule has 0 amide bonds. The van der Waals surface area contributed by atoms with Gasteiger partial charge in [-0.3, -0.25) is 0 Å². The highest BCUT2D eigenvalue weighted by molar-refractivity contribution is 4.89. The first-order valence-corrected chi connectivity index (χ1v) is 3.82. The Kier molecular flexibility index (Phi) is 2.78. The van der Waals surface area contributed by atoms with Crippen molar-refractivity contribution in [1.29, 1.82) is 0 Å². The fourth-order valence-electron chi connectivity index (χ4n) is 0.799. The molecule has 0 radical (unpaired) electrons. The minimum absolute atomic E-state index is 0.187. The molecule has 68 valence electrons. The lowest BCUT2D eigenvalue weighted by atomic mass is 10.4. The van der Waals surface area contributed by atoms with E-state index in [4.69, 9.17) is 10.3 Å². The lowest BCUT2D eigenvalue weighted by Crippen LogP contribution is -2.12. The first-order valence-electron chi connectivity index (χ1n) is 3.82. The highest BCUT2D eigenvalue weighted by Gasteiger charge is 2.09. The number of nitrogens with two attached hydrogens (primary N) is 1. The summed E-state index contributed by atoms with van der Waals surface area (Å²) in [4.78, 5) is 6.07. The molecule has 0 saturated heterocycles. The smallest absolute Gasteiger partial charge is 0.243 e. The Morgan fingerprint density at radius 1 is 1.58 bits per heavy atom. The van der Waals surface area contributed by atoms with E-state index in [0.29, 0.717) is 18.3 Å². The van der Waals surface area contributed by atoms with Crippen LogP contribution in [0.3, 0.4) is 0 Å². The second kappa shape index (κ2) is 3.64. The summed E-state index contributed by atoms with van der Waals surface area (Å²) in [6.07, 6.45) is 0. The molecular weight excluding hydrogens is 156 g/mol. The average Bonchev–Trinajstić information content (AvgIpc) is 2.34. The van der Waals surface area contributed by atoms with Gasteiger partial charge in [0.25, 0.3) is 0 Å². The van der Waals surface area contributed by atoms with Gasteiger partial charge in [0, 0.05) is 0 Å². The van der Waals surface area contributed by atoms with Crippen molar-refractivity contribution in [1.82, 2.24) is 15.0 Å². The van der Waals surface area contributed by atoms with Gasteiger partial charge in [0.1, 0.15) is 0 Å². The van der Waals surface area contributed by atoms with E-state index in [1.165, 1.54) is 0 Å². The third-order valence-corrected chi connectivity index (χ3v) is 1.33. The molecule has 5 heteroatoms. The van der Waals surface area contributed by atoms with Crippen LogP contribution in [0, 0.1) is 0 Å². The Balaban J connectivity index is 2.64. The van der Waals surface area contributed by atoms with E-state index in [1.807, 2.05) is 25.9 Å². The Bertz CT molecular complexity index is 243. The largest absolute Gasteiger partial charge is 0.338 e. The normalized spacial score (nSPS) is 13.8. The molecule has 1 rings (SSSR count). The quantitative estimate of drug-likeness (QED) is 0.699. The molecule has 1 aromatic heterocycles. The van der Waals surface area contributed by atoms with Crippen LogP contribution in [0.25, 0.3) is 0 Å². The van der Waals surface area contributed by atoms with Gasteiger partial charge in [-0.05, 0) is 21.0 Å². The van der Waals surface area contributed by atoms with E-state index < -0.39 is 0 Å². The summed E-state index contributed by atoms with van der Waals surface area (Å²) in [6, 6.07) is -0.187. The van der Waals surface area contributed by atoms with Crippen LogP contribution >= 0.6 is 0 Å². The molecule has 0 unspecified atom stereocenters. The topological polar surface area (TPSA) is 68.2 Å². The van der Waals surface area contributed by atoms with Crippen LogP contribution in [0.2, 0.25) is 0 Å². The number of nitrogens with zero attached hydrogens (tertiary/aromatic N) is 3. The van der Waals surface area contributed by atoms with Gasteiger partial charge in [0.05, 0.1) is 12.6 Å². The third-order valence-electron chi connectivity index (χ3n) is 1.33. The summed E-state index contributed by atoms with van der Waals surface area (Å²) < 4.78 is 4.91. The average molecular weight is 170 g/mol. The second-order valence-electron chi connectivity index (χ2n) is 3.08. The minimum Gasteiger partial charge on any atom is -0.338 e. The van der Waals surface area contributed by atoms with Crippen molar-refractivity contribution >= 4 is 0 Å². The second-order valence-corrected chi connectivity index (χ2v) is 3.08. The number of rotatable bonds is 3. The zero-order chi connectivity index (χ0) is 9.14. The molecule has 1 atom stereocenters. The van der Waals surface area contributed by atoms with Crippen LogP contribution < -0.4 is 5.73 Å². The molecule has 0 saturated carbocycles. The lowest BCUT2D eigenvalue weighted by Gasteiger charge is -2.03. The Labute approximate surface area is 71.5 Å². The van der Waals surface area contributed by atoms with Crippen LogP contribution in [-0.2, 0) is 6.54 Å². The van der Waals surface area contributed by atoms with E-state index in [9.17, 15) is 0 Å². The van der Waals surface area contributed by atoms with Crippen molar-refractivity contribution in [2.45, 2.75) is 19.5 Å². The van der Waals surface area contributed by atoms with E-state index in [2.05, 4.69) is 10.1 Å². The van der Waals surface area contributed by atoms with Crippen LogP contribution in [0.5, 0.6) is 0 Å². The molecule has 0 aliphatic carbocycles. The van der Waals surface area contributed by atoms with Crippen molar-refractivity contribution in [2.24, 2.45) is 5.73 Å². The molecule has 1 heterocycles. The molecule has 12 heavy (non-hydrogen) atoms. The number of hydrogen-bond acceptors (Lipinski definition) is 5. The van der Waals surface area contributed by atoms with E-state index in [0.717, 1.165) is 0 Å². The number of aromatic nitrogens is 2. The maximum Gasteiger partial charge on any atom is 0.243 e. The molecule has 1 aromatic rings. The summed E-state index contributed by atoms with van der Waals surface area (Å²) >= 11 is 0. The zero-order valence-electron chi connectivity index (χ0n) is 7.61. The van der Waals surface area contributed by atoms with Gasteiger partial charge < -0.3 is 15.2 Å². The molecular formula is C7H14N4O. The summed E-state index contributed by atoms with van der Waals surface area (Å²) in [7, 11) is 3.89. The molecule has 0 fully saturated rings. The fourth-order valence-corrected chi connectivity index (χ4v) is 0.799. The van der Waals surface area contributed by atoms with Gasteiger partial charge in [0.15, 0.2) is 5.82 Å². The van der Waals surface area contributed by atoms with Gasteiger partial charge >= 0.3 is 0 Å². The fraction of sp³-hybridized carbons (Fsp3) is 0.714. The monoisotopic (exact) mass is 170 g/mol. The Morgan fingerprint density at radius 3 is 2.67 bits per heavy atom. The number of hydrogen-bond donors (Lipinski definition) is 1. The molecule has 0 aliphatic rings. The van der Waals surface area contributed by atoms with Crippen molar-refractivity contribution in [2.75, 3.05) is 14.1 Å². The standard InChI is InChI=1S/C7H14N4O/c1-5(8)7-9-6(10-12-7)4-11(2)3/h5H,4,8H2,1-3H3/t5-/m1/s1. The summed E-state index contributed by atoms with van der Waals surface area (Å²) in [5, 5.41) is 3.77. The molecule has 0 aliphatic heterocycles. The van der Waals surface area contributed by atoms with E-state index in [-0.39, 0.29) is 6.04 Å². The summed E-state index contributed by atoms with van der Waals surface area (Å²) in [5.41, 5.74) is 5.55. The van der Waals surface area contributed by atoms with Crippen LogP contribution in [-0.4, -0.2) is 29.1 Å². The van der Waals surface area contributed by atoms with Crippen molar-refractivity contribution in [3.05, 3.63) is 11.7 Å². The van der Waals surface area contributed by atoms with Crippen LogP contribution in [0.1, 0.15) is 24.7 Å². The SMILES string of the molecule is C[C@@H](N)c1nc(CN(C)C)no1. The van der Waals surface area contributed by atoms with Gasteiger partial charge in [-0.15, -0.1) is 0 Å². The minimum atomic E-state index is -0.187. The lowest BCUT2D eigenvalue weighted by molar-refractivity contribution is 0.340. The van der Waals surface area contributed by atoms with E-state index in [1.54, 1.807) is 0 Å². The Hall–Kier alpha value is -0.940. The summed E-state index contributed by atoms with van der Waals surface area (Å²) in [5.74, 6) is 1.17. The molecule has 2 N–H and O–H groups in total. The highest BCUT2D eigenvalue weighted by Crippen LogP contribution is 2.06. The highest BCUT2D eigenvalue weighted by atomic mass is 16.5. The molecule has 0 aromatic carbocycles. The predicted molar refractivity (Wildman–Crippen MR) is 44.3 cm³/mol. The Morgan fingerprint density at radius 2 is 2.25 bits per heavy atom. The first-order chi connectivity index (χ1) is 5.59. The van der Waals surface area contributed by atoms with Crippen molar-refractivity contribution < 1.29 is 4.52 Å². The first kappa shape index (κ1) is 9.15. The molecule has 5 nitrogen and oxygen atoms in total. The maximum atomic E-state index is 5.55. The van der Waals surface area contributed by atoms with Gasteiger partial charge in [-0.1, -0.05) is 5.16 Å². The van der Waals surface area contributed by atoms with E-state index >= 15 is 0 Å². The van der Waals surface area contributed by atoms with Crippen molar-refractivity contribution in [3.63, 3.8) is 0 Å². The van der Waals surface area contributed by atoms with Gasteiger partial charge in [-0.25, -0.2) is 0 Å². The predicted octanol–water partition coefficient (Wildman–Crippen LogP) is 0.151. The van der Waals surface area contributed by atoms with Gasteiger partial charge in [-0.2, -0.15) is 4.98 Å². The summed E-state index contributed by atoms with van der Waals surface area (Å²) in [6.45, 7) is 2.49. The molecule has 0 spiro atoms.